The van der Waals surface area contributed by atoms with Crippen molar-refractivity contribution >= 4 is 6.41 Å². The molecule has 3 heteroatoms. The largest absolute Gasteiger partial charge is 0.507 e. The Morgan fingerprint density at radius 2 is 1.47 bits per heavy atom. The lowest BCUT2D eigenvalue weighted by molar-refractivity contribution is -0.109. The average Bonchev–Trinajstić information content (AvgIpc) is 2.24. The number of aromatic hydroxyl groups is 1. The number of benzene rings is 1. The zero-order valence-electron chi connectivity index (χ0n) is 12.8. The second kappa shape index (κ2) is 5.24. The van der Waals surface area contributed by atoms with Crippen molar-refractivity contribution in [2.24, 2.45) is 0 Å². The number of nitrogens with one attached hydrogen (secondary N) is 1. The normalized spacial score (nSPS) is 12.3. The van der Waals surface area contributed by atoms with Crippen LogP contribution < -0.4 is 5.32 Å². The van der Waals surface area contributed by atoms with Crippen LogP contribution in [0.4, 0.5) is 0 Å². The summed E-state index contributed by atoms with van der Waals surface area (Å²) in [5.74, 6) is 0.370. The van der Waals surface area contributed by atoms with Gasteiger partial charge in [-0.3, -0.25) is 4.79 Å². The third-order valence-corrected chi connectivity index (χ3v) is 3.18. The van der Waals surface area contributed by atoms with Crippen LogP contribution >= 0.6 is 0 Å². The molecule has 1 aromatic rings. The van der Waals surface area contributed by atoms with Crippen molar-refractivity contribution in [2.45, 2.75) is 58.9 Å². The van der Waals surface area contributed by atoms with E-state index < -0.39 is 0 Å². The van der Waals surface area contributed by atoms with Crippen molar-refractivity contribution in [1.82, 2.24) is 5.32 Å². The van der Waals surface area contributed by atoms with E-state index in [1.807, 2.05) is 12.1 Å². The van der Waals surface area contributed by atoms with Gasteiger partial charge in [-0.25, -0.2) is 0 Å². The molecule has 19 heavy (non-hydrogen) atoms. The van der Waals surface area contributed by atoms with E-state index in [0.29, 0.717) is 18.7 Å². The van der Waals surface area contributed by atoms with Gasteiger partial charge in [0.15, 0.2) is 0 Å². The molecule has 2 N–H and O–H groups in total. The van der Waals surface area contributed by atoms with Crippen LogP contribution in [0, 0.1) is 0 Å². The summed E-state index contributed by atoms with van der Waals surface area (Å²) < 4.78 is 0. The third-order valence-electron chi connectivity index (χ3n) is 3.18. The Balaban J connectivity index is 3.43. The Morgan fingerprint density at radius 3 is 1.79 bits per heavy atom. The maximum atomic E-state index is 10.5. The highest BCUT2D eigenvalue weighted by Crippen LogP contribution is 2.39. The van der Waals surface area contributed by atoms with Gasteiger partial charge in [0.05, 0.1) is 0 Å². The topological polar surface area (TPSA) is 49.3 Å². The van der Waals surface area contributed by atoms with Gasteiger partial charge in [-0.15, -0.1) is 0 Å². The van der Waals surface area contributed by atoms with Crippen molar-refractivity contribution in [2.75, 3.05) is 0 Å². The van der Waals surface area contributed by atoms with Crippen LogP contribution in [0.1, 0.15) is 58.2 Å². The molecule has 1 aromatic carbocycles. The monoisotopic (exact) mass is 263 g/mol. The van der Waals surface area contributed by atoms with Gasteiger partial charge >= 0.3 is 0 Å². The minimum atomic E-state index is -0.138. The summed E-state index contributed by atoms with van der Waals surface area (Å²) in [6, 6.07) is 3.95. The molecule has 0 aliphatic heterocycles. The fourth-order valence-electron chi connectivity index (χ4n) is 2.10. The van der Waals surface area contributed by atoms with Gasteiger partial charge in [0.25, 0.3) is 0 Å². The van der Waals surface area contributed by atoms with Crippen molar-refractivity contribution in [3.8, 4) is 5.75 Å². The van der Waals surface area contributed by atoms with Gasteiger partial charge in [-0.1, -0.05) is 41.5 Å². The fourth-order valence-corrected chi connectivity index (χ4v) is 2.10. The number of carbonyl (C=O) groups excluding carboxylic acids is 1. The average molecular weight is 263 g/mol. The standard InChI is InChI=1S/C16H25NO2/c1-15(2,3)12-7-11(9-17-10-18)8-13(14(12)19)16(4,5)6/h7-8,10,19H,9H2,1-6H3,(H,17,18). The molecule has 0 spiro atoms. The quantitative estimate of drug-likeness (QED) is 0.823. The molecule has 0 saturated carbocycles. The second-order valence-corrected chi connectivity index (χ2v) is 7.04. The van der Waals surface area contributed by atoms with Crippen molar-refractivity contribution in [1.29, 1.82) is 0 Å². The Morgan fingerprint density at radius 1 is 1.05 bits per heavy atom. The van der Waals surface area contributed by atoms with E-state index in [9.17, 15) is 9.90 Å². The second-order valence-electron chi connectivity index (χ2n) is 7.04. The smallest absolute Gasteiger partial charge is 0.207 e. The first-order chi connectivity index (χ1) is 8.57. The molecule has 1 amide bonds. The molecule has 0 heterocycles. The maximum Gasteiger partial charge on any atom is 0.207 e. The van der Waals surface area contributed by atoms with Crippen LogP contribution in [0.3, 0.4) is 0 Å². The summed E-state index contributed by atoms with van der Waals surface area (Å²) in [5, 5.41) is 13.2. The van der Waals surface area contributed by atoms with Gasteiger partial charge in [0, 0.05) is 6.54 Å². The molecule has 0 fully saturated rings. The number of carbonyl (C=O) groups is 1. The molecule has 0 aromatic heterocycles. The van der Waals surface area contributed by atoms with Crippen molar-refractivity contribution in [3.63, 3.8) is 0 Å². The van der Waals surface area contributed by atoms with Gasteiger partial charge < -0.3 is 10.4 Å². The Labute approximate surface area is 116 Å². The number of hydrogen-bond donors (Lipinski definition) is 2. The molecule has 0 bridgehead atoms. The van der Waals surface area contributed by atoms with E-state index in [1.54, 1.807) is 0 Å². The summed E-state index contributed by atoms with van der Waals surface area (Å²) in [4.78, 5) is 10.4. The van der Waals surface area contributed by atoms with Crippen molar-refractivity contribution in [3.05, 3.63) is 28.8 Å². The van der Waals surface area contributed by atoms with Crippen LogP contribution in [0.5, 0.6) is 5.75 Å². The number of hydrogen-bond acceptors (Lipinski definition) is 2. The SMILES string of the molecule is CC(C)(C)c1cc(CNC=O)cc(C(C)(C)C)c1O. The summed E-state index contributed by atoms with van der Waals surface area (Å²) >= 11 is 0. The number of phenolic OH excluding ortho intramolecular Hbond substituents is 1. The van der Waals surface area contributed by atoms with Crippen LogP contribution in [-0.4, -0.2) is 11.5 Å². The molecular weight excluding hydrogens is 238 g/mol. The van der Waals surface area contributed by atoms with Crippen molar-refractivity contribution < 1.29 is 9.90 Å². The van der Waals surface area contributed by atoms with E-state index in [0.717, 1.165) is 16.7 Å². The highest BCUT2D eigenvalue weighted by molar-refractivity contribution is 5.51. The van der Waals surface area contributed by atoms with Gasteiger partial charge in [-0.05, 0) is 39.7 Å². The Kier molecular flexibility index (Phi) is 4.28. The first kappa shape index (κ1) is 15.5. The Hall–Kier alpha value is -1.51. The minimum absolute atomic E-state index is 0.138. The van der Waals surface area contributed by atoms with Crippen LogP contribution in [0.25, 0.3) is 0 Å². The molecule has 1 rings (SSSR count). The summed E-state index contributed by atoms with van der Waals surface area (Å²) in [7, 11) is 0. The molecule has 0 unspecified atom stereocenters. The van der Waals surface area contributed by atoms with Crippen LogP contribution in [0.15, 0.2) is 12.1 Å². The van der Waals surface area contributed by atoms with E-state index in [1.165, 1.54) is 0 Å². The lowest BCUT2D eigenvalue weighted by Gasteiger charge is -2.28. The number of amides is 1. The zero-order chi connectivity index (χ0) is 14.8. The van der Waals surface area contributed by atoms with Gasteiger partial charge in [-0.2, -0.15) is 0 Å². The summed E-state index contributed by atoms with van der Waals surface area (Å²) in [6.45, 7) is 12.9. The molecule has 0 radical (unpaired) electrons. The highest BCUT2D eigenvalue weighted by Gasteiger charge is 2.26. The summed E-state index contributed by atoms with van der Waals surface area (Å²) in [6.07, 6.45) is 0.695. The van der Waals surface area contributed by atoms with E-state index >= 15 is 0 Å². The van der Waals surface area contributed by atoms with E-state index in [-0.39, 0.29) is 10.8 Å². The summed E-state index contributed by atoms with van der Waals surface area (Å²) in [5.41, 5.74) is 2.58. The molecule has 0 saturated heterocycles. The van der Waals surface area contributed by atoms with E-state index in [4.69, 9.17) is 0 Å². The first-order valence-electron chi connectivity index (χ1n) is 6.61. The molecule has 0 aliphatic carbocycles. The van der Waals surface area contributed by atoms with Crippen LogP contribution in [0.2, 0.25) is 0 Å². The lowest BCUT2D eigenvalue weighted by atomic mass is 9.78. The fraction of sp³-hybridized carbons (Fsp3) is 0.562. The highest BCUT2D eigenvalue weighted by atomic mass is 16.3. The third kappa shape index (κ3) is 3.72. The van der Waals surface area contributed by atoms with Crippen LogP contribution in [-0.2, 0) is 22.2 Å². The molecule has 3 nitrogen and oxygen atoms in total. The first-order valence-corrected chi connectivity index (χ1v) is 6.61. The van der Waals surface area contributed by atoms with Gasteiger partial charge in [0.1, 0.15) is 5.75 Å². The number of rotatable bonds is 3. The number of phenols is 1. The predicted octanol–water partition coefficient (Wildman–Crippen LogP) is 3.23. The predicted molar refractivity (Wildman–Crippen MR) is 78.4 cm³/mol. The maximum absolute atomic E-state index is 10.5. The van der Waals surface area contributed by atoms with E-state index in [2.05, 4.69) is 46.9 Å². The molecular formula is C16H25NO2. The van der Waals surface area contributed by atoms with Gasteiger partial charge in [0.2, 0.25) is 6.41 Å². The lowest BCUT2D eigenvalue weighted by Crippen LogP contribution is -2.19. The molecule has 106 valence electrons. The minimum Gasteiger partial charge on any atom is -0.507 e. The Bertz CT molecular complexity index is 430. The molecule has 0 atom stereocenters. The zero-order valence-corrected chi connectivity index (χ0v) is 12.8. The molecule has 0 aliphatic rings.